The minimum atomic E-state index is -0.641. The molecule has 122 valence electrons. The van der Waals surface area contributed by atoms with Gasteiger partial charge in [0.25, 0.3) is 0 Å². The molecule has 1 amide bonds. The number of nitrogens with two attached hydrogens (primary N) is 3. The third-order valence-corrected chi connectivity index (χ3v) is 4.94. The average molecular weight is 314 g/mol. The first-order chi connectivity index (χ1) is 11.0. The number of fused-ring (bicyclic) bond motifs is 1. The van der Waals surface area contributed by atoms with E-state index in [0.717, 1.165) is 29.4 Å². The van der Waals surface area contributed by atoms with Gasteiger partial charge in [-0.1, -0.05) is 0 Å². The molecule has 1 saturated carbocycles. The summed E-state index contributed by atoms with van der Waals surface area (Å²) in [5.74, 6) is 0.222. The molecule has 0 radical (unpaired) electrons. The smallest absolute Gasteiger partial charge is 0.228 e. The predicted octanol–water partition coefficient (Wildman–Crippen LogP) is 0.750. The Morgan fingerprint density at radius 1 is 1.30 bits per heavy atom. The number of pyridine rings is 1. The third-order valence-electron chi connectivity index (χ3n) is 4.94. The van der Waals surface area contributed by atoms with Crippen LogP contribution in [0.3, 0.4) is 0 Å². The van der Waals surface area contributed by atoms with E-state index in [2.05, 4.69) is 15.0 Å². The number of hydrogen-bond acceptors (Lipinski definition) is 3. The van der Waals surface area contributed by atoms with Crippen LogP contribution in [0.4, 0.5) is 0 Å². The normalized spacial score (nSPS) is 24.4. The zero-order valence-corrected chi connectivity index (χ0v) is 13.0. The predicted molar refractivity (Wildman–Crippen MR) is 89.6 cm³/mol. The lowest BCUT2D eigenvalue weighted by atomic mass is 9.65. The van der Waals surface area contributed by atoms with Gasteiger partial charge in [0.05, 0.1) is 5.41 Å². The molecule has 1 aliphatic rings. The van der Waals surface area contributed by atoms with Crippen molar-refractivity contribution in [1.29, 1.82) is 0 Å². The number of primary amides is 1. The van der Waals surface area contributed by atoms with Crippen LogP contribution in [0.5, 0.6) is 0 Å². The highest BCUT2D eigenvalue weighted by Gasteiger charge is 2.43. The Morgan fingerprint density at radius 2 is 2.04 bits per heavy atom. The van der Waals surface area contributed by atoms with Crippen molar-refractivity contribution < 1.29 is 4.79 Å². The van der Waals surface area contributed by atoms with E-state index in [-0.39, 0.29) is 11.9 Å². The number of aromatic nitrogens is 2. The molecule has 0 aliphatic heterocycles. The molecule has 1 aliphatic carbocycles. The van der Waals surface area contributed by atoms with Crippen LogP contribution in [0.1, 0.15) is 31.2 Å². The number of H-pyrrole nitrogens is 1. The van der Waals surface area contributed by atoms with Crippen LogP contribution in [-0.2, 0) is 10.2 Å². The number of carbonyl (C=O) groups excluding carboxylic acids is 1. The van der Waals surface area contributed by atoms with Gasteiger partial charge < -0.3 is 22.2 Å². The fourth-order valence-electron chi connectivity index (χ4n) is 3.61. The van der Waals surface area contributed by atoms with Gasteiger partial charge in [-0.2, -0.15) is 0 Å². The number of nitrogens with one attached hydrogen (secondary N) is 1. The molecule has 0 atom stereocenters. The molecule has 7 heteroatoms. The summed E-state index contributed by atoms with van der Waals surface area (Å²) in [6.45, 7) is 0.604. The topological polar surface area (TPSA) is 136 Å². The minimum Gasteiger partial charge on any atom is -0.370 e. The fraction of sp³-hybridized carbons (Fsp3) is 0.438. The lowest BCUT2D eigenvalue weighted by Crippen LogP contribution is -2.44. The first-order valence-corrected chi connectivity index (χ1v) is 7.81. The highest BCUT2D eigenvalue weighted by molar-refractivity contribution is 5.93. The zero-order valence-electron chi connectivity index (χ0n) is 13.0. The van der Waals surface area contributed by atoms with Crippen molar-refractivity contribution in [2.75, 3.05) is 6.54 Å². The van der Waals surface area contributed by atoms with Crippen LogP contribution < -0.4 is 17.2 Å². The Balaban J connectivity index is 1.90. The number of nitrogens with zero attached hydrogens (tertiary/aromatic N) is 2. The fourth-order valence-corrected chi connectivity index (χ4v) is 3.61. The second-order valence-corrected chi connectivity index (χ2v) is 6.25. The molecule has 0 aromatic carbocycles. The van der Waals surface area contributed by atoms with Gasteiger partial charge in [0.15, 0.2) is 5.96 Å². The van der Waals surface area contributed by atoms with Crippen LogP contribution in [0, 0.1) is 5.92 Å². The summed E-state index contributed by atoms with van der Waals surface area (Å²) in [5.41, 5.74) is 17.7. The molecule has 7 nitrogen and oxygen atoms in total. The van der Waals surface area contributed by atoms with Crippen LogP contribution in [0.15, 0.2) is 29.5 Å². The van der Waals surface area contributed by atoms with E-state index in [9.17, 15) is 4.79 Å². The van der Waals surface area contributed by atoms with Gasteiger partial charge in [-0.05, 0) is 49.3 Å². The second-order valence-electron chi connectivity index (χ2n) is 6.25. The van der Waals surface area contributed by atoms with Crippen molar-refractivity contribution in [2.24, 2.45) is 28.1 Å². The number of carbonyl (C=O) groups is 1. The summed E-state index contributed by atoms with van der Waals surface area (Å²) in [6, 6.07) is 3.87. The Labute approximate surface area is 134 Å². The number of aliphatic imine (C=N–C) groups is 1. The summed E-state index contributed by atoms with van der Waals surface area (Å²) in [4.78, 5) is 23.8. The Bertz CT molecular complexity index is 738. The molecule has 3 rings (SSSR count). The molecule has 2 aromatic rings. The van der Waals surface area contributed by atoms with Gasteiger partial charge in [0.1, 0.15) is 5.65 Å². The molecular formula is C16H22N6O. The standard InChI is InChI=1S/C16H22N6O/c17-14(23)16(5-1-10(2-6-16)9-22-15(18)19)12-4-8-21-13-11(12)3-7-20-13/h3-4,7-8,10H,1-2,5-6,9H2,(H2,17,23)(H,20,21)(H4,18,19,22). The first kappa shape index (κ1) is 15.3. The Morgan fingerprint density at radius 3 is 2.70 bits per heavy atom. The number of rotatable bonds is 4. The van der Waals surface area contributed by atoms with E-state index in [4.69, 9.17) is 17.2 Å². The van der Waals surface area contributed by atoms with Gasteiger partial charge in [0, 0.05) is 24.3 Å². The highest BCUT2D eigenvalue weighted by atomic mass is 16.1. The van der Waals surface area contributed by atoms with Crippen LogP contribution in [0.25, 0.3) is 11.0 Å². The Kier molecular flexibility index (Phi) is 3.94. The molecule has 0 saturated heterocycles. The van der Waals surface area contributed by atoms with Crippen molar-refractivity contribution in [3.8, 4) is 0 Å². The SMILES string of the molecule is NC(=O)C1(c2ccnc3[nH]ccc23)CCC(CN=C(N)N)CC1. The van der Waals surface area contributed by atoms with E-state index in [1.807, 2.05) is 18.3 Å². The maximum atomic E-state index is 12.3. The molecule has 1 fully saturated rings. The van der Waals surface area contributed by atoms with Gasteiger partial charge in [-0.15, -0.1) is 0 Å². The maximum absolute atomic E-state index is 12.3. The summed E-state index contributed by atoms with van der Waals surface area (Å²) in [7, 11) is 0. The monoisotopic (exact) mass is 314 g/mol. The van der Waals surface area contributed by atoms with Crippen molar-refractivity contribution >= 4 is 22.9 Å². The summed E-state index contributed by atoms with van der Waals surface area (Å²) < 4.78 is 0. The van der Waals surface area contributed by atoms with Crippen molar-refractivity contribution in [2.45, 2.75) is 31.1 Å². The first-order valence-electron chi connectivity index (χ1n) is 7.81. The van der Waals surface area contributed by atoms with Gasteiger partial charge in [0.2, 0.25) is 5.91 Å². The number of hydrogen-bond donors (Lipinski definition) is 4. The molecule has 0 unspecified atom stereocenters. The van der Waals surface area contributed by atoms with Crippen LogP contribution in [-0.4, -0.2) is 28.4 Å². The van der Waals surface area contributed by atoms with Crippen molar-refractivity contribution in [1.82, 2.24) is 9.97 Å². The van der Waals surface area contributed by atoms with Crippen molar-refractivity contribution in [3.05, 3.63) is 30.1 Å². The lowest BCUT2D eigenvalue weighted by molar-refractivity contribution is -0.125. The van der Waals surface area contributed by atoms with Gasteiger partial charge in [-0.25, -0.2) is 4.98 Å². The average Bonchev–Trinajstić information content (AvgIpc) is 3.01. The lowest BCUT2D eigenvalue weighted by Gasteiger charge is -2.38. The summed E-state index contributed by atoms with van der Waals surface area (Å²) in [6.07, 6.45) is 6.71. The maximum Gasteiger partial charge on any atom is 0.228 e. The van der Waals surface area contributed by atoms with Gasteiger partial charge in [-0.3, -0.25) is 9.79 Å². The molecule has 0 spiro atoms. The van der Waals surface area contributed by atoms with Crippen LogP contribution in [0.2, 0.25) is 0 Å². The molecule has 23 heavy (non-hydrogen) atoms. The number of aromatic amines is 1. The highest BCUT2D eigenvalue weighted by Crippen LogP contribution is 2.43. The van der Waals surface area contributed by atoms with E-state index >= 15 is 0 Å². The quantitative estimate of drug-likeness (QED) is 0.489. The second kappa shape index (κ2) is 5.91. The number of amides is 1. The van der Waals surface area contributed by atoms with E-state index in [1.54, 1.807) is 6.20 Å². The minimum absolute atomic E-state index is 0.111. The van der Waals surface area contributed by atoms with E-state index in [0.29, 0.717) is 25.3 Å². The molecule has 7 N–H and O–H groups in total. The zero-order chi connectivity index (χ0) is 16.4. The third kappa shape index (κ3) is 2.74. The molecule has 2 heterocycles. The molecule has 2 aromatic heterocycles. The van der Waals surface area contributed by atoms with E-state index < -0.39 is 5.41 Å². The summed E-state index contributed by atoms with van der Waals surface area (Å²) >= 11 is 0. The molecular weight excluding hydrogens is 292 g/mol. The van der Waals surface area contributed by atoms with Crippen LogP contribution >= 0.6 is 0 Å². The Hall–Kier alpha value is -2.57. The molecule has 0 bridgehead atoms. The van der Waals surface area contributed by atoms with Crippen molar-refractivity contribution in [3.63, 3.8) is 0 Å². The van der Waals surface area contributed by atoms with Gasteiger partial charge >= 0.3 is 0 Å². The van der Waals surface area contributed by atoms with E-state index in [1.165, 1.54) is 0 Å². The number of guanidine groups is 1. The summed E-state index contributed by atoms with van der Waals surface area (Å²) in [5, 5.41) is 0.967. The largest absolute Gasteiger partial charge is 0.370 e.